The fourth-order valence-electron chi connectivity index (χ4n) is 4.42. The molecule has 0 N–H and O–H groups in total. The minimum atomic E-state index is -0.542. The third-order valence-electron chi connectivity index (χ3n) is 6.35. The zero-order valence-electron chi connectivity index (χ0n) is 21.0. The van der Waals surface area contributed by atoms with Gasteiger partial charge in [-0.1, -0.05) is 97.1 Å². The third-order valence-corrected chi connectivity index (χ3v) is 6.77. The van der Waals surface area contributed by atoms with E-state index < -0.39 is 29.9 Å². The van der Waals surface area contributed by atoms with Gasteiger partial charge in [0.1, 0.15) is 41.9 Å². The van der Waals surface area contributed by atoms with Crippen molar-refractivity contribution in [3.8, 4) is 11.5 Å². The summed E-state index contributed by atoms with van der Waals surface area (Å²) in [5.41, 5.74) is 1.58. The Labute approximate surface area is 229 Å². The van der Waals surface area contributed by atoms with Gasteiger partial charge in [0.15, 0.2) is 6.10 Å². The molecule has 1 aliphatic heterocycles. The molecule has 0 radical (unpaired) electrons. The summed E-state index contributed by atoms with van der Waals surface area (Å²) in [6, 6.07) is 39.5. The van der Waals surface area contributed by atoms with Crippen LogP contribution in [0.25, 0.3) is 0 Å². The Kier molecular flexibility index (Phi) is 9.34. The zero-order chi connectivity index (χ0) is 26.0. The maximum atomic E-state index is 6.57. The Morgan fingerprint density at radius 2 is 1.03 bits per heavy atom. The van der Waals surface area contributed by atoms with Crippen LogP contribution < -0.4 is 9.47 Å². The zero-order valence-corrected chi connectivity index (χ0v) is 21.9. The molecule has 4 aromatic carbocycles. The Balaban J connectivity index is 1.41. The predicted octanol–water partition coefficient (Wildman–Crippen LogP) is 6.34. The van der Waals surface area contributed by atoms with Crippen molar-refractivity contribution in [2.75, 3.05) is 6.61 Å². The molecule has 0 spiro atoms. The number of ether oxygens (including phenoxy) is 5. The first-order chi connectivity index (χ1) is 18.8. The average molecular weight is 529 g/mol. The van der Waals surface area contributed by atoms with Crippen molar-refractivity contribution in [2.45, 2.75) is 43.1 Å². The summed E-state index contributed by atoms with van der Waals surface area (Å²) in [4.78, 5) is 0. The van der Waals surface area contributed by atoms with E-state index in [0.29, 0.717) is 13.2 Å². The molecule has 1 saturated heterocycles. The second-order valence-corrected chi connectivity index (χ2v) is 9.62. The summed E-state index contributed by atoms with van der Waals surface area (Å²) in [5, 5.41) is 0. The number of para-hydroxylation sites is 2. The monoisotopic (exact) mass is 528 g/mol. The van der Waals surface area contributed by atoms with Gasteiger partial charge in [-0.15, -0.1) is 12.6 Å². The molecule has 5 nitrogen and oxygen atoms in total. The van der Waals surface area contributed by atoms with Crippen molar-refractivity contribution in [3.05, 3.63) is 132 Å². The van der Waals surface area contributed by atoms with Crippen molar-refractivity contribution < 1.29 is 23.7 Å². The van der Waals surface area contributed by atoms with E-state index in [0.717, 1.165) is 22.6 Å². The van der Waals surface area contributed by atoms with Gasteiger partial charge < -0.3 is 23.7 Å². The first kappa shape index (κ1) is 26.3. The van der Waals surface area contributed by atoms with Crippen LogP contribution in [0.2, 0.25) is 0 Å². The number of rotatable bonds is 11. The molecule has 0 unspecified atom stereocenters. The minimum Gasteiger partial charge on any atom is -0.491 e. The van der Waals surface area contributed by atoms with Crippen LogP contribution in [0.3, 0.4) is 0 Å². The summed E-state index contributed by atoms with van der Waals surface area (Å²) < 4.78 is 32.0. The van der Waals surface area contributed by atoms with Crippen molar-refractivity contribution in [1.29, 1.82) is 0 Å². The maximum absolute atomic E-state index is 6.57. The highest BCUT2D eigenvalue weighted by molar-refractivity contribution is 7.80. The van der Waals surface area contributed by atoms with Crippen LogP contribution in [0.5, 0.6) is 11.5 Å². The fourth-order valence-corrected chi connectivity index (χ4v) is 4.84. The fraction of sp³-hybridized carbons (Fsp3) is 0.250. The summed E-state index contributed by atoms with van der Waals surface area (Å²) >= 11 is 4.81. The molecule has 38 heavy (non-hydrogen) atoms. The first-order valence-electron chi connectivity index (χ1n) is 12.8. The molecule has 5 atom stereocenters. The second-order valence-electron chi connectivity index (χ2n) is 9.11. The van der Waals surface area contributed by atoms with E-state index in [2.05, 4.69) is 0 Å². The molecule has 0 saturated carbocycles. The average Bonchev–Trinajstić information content (AvgIpc) is 2.98. The molecular weight excluding hydrogens is 496 g/mol. The lowest BCUT2D eigenvalue weighted by Gasteiger charge is -2.44. The Morgan fingerprint density at radius 1 is 0.553 bits per heavy atom. The minimum absolute atomic E-state index is 0.273. The van der Waals surface area contributed by atoms with Gasteiger partial charge in [0.2, 0.25) is 0 Å². The normalized spacial score (nSPS) is 23.0. The van der Waals surface area contributed by atoms with Gasteiger partial charge in [0.05, 0.1) is 13.2 Å². The highest BCUT2D eigenvalue weighted by Gasteiger charge is 2.48. The predicted molar refractivity (Wildman–Crippen MR) is 150 cm³/mol. The lowest BCUT2D eigenvalue weighted by Crippen LogP contribution is -2.61. The molecule has 5 rings (SSSR count). The van der Waals surface area contributed by atoms with Crippen molar-refractivity contribution >= 4 is 12.6 Å². The number of hydrogen-bond donors (Lipinski definition) is 1. The number of benzene rings is 4. The number of hydrogen-bond acceptors (Lipinski definition) is 6. The number of thiol groups is 1. The van der Waals surface area contributed by atoms with Gasteiger partial charge in [-0.25, -0.2) is 0 Å². The van der Waals surface area contributed by atoms with E-state index in [-0.39, 0.29) is 6.61 Å². The molecule has 0 aliphatic carbocycles. The molecule has 0 aromatic heterocycles. The highest BCUT2D eigenvalue weighted by atomic mass is 32.1. The van der Waals surface area contributed by atoms with E-state index in [1.54, 1.807) is 0 Å². The Hall–Kier alpha value is -3.29. The smallest absolute Gasteiger partial charge is 0.157 e. The molecule has 1 fully saturated rings. The van der Waals surface area contributed by atoms with Gasteiger partial charge in [-0.2, -0.15) is 0 Å². The van der Waals surface area contributed by atoms with E-state index in [1.807, 2.05) is 121 Å². The topological polar surface area (TPSA) is 46.2 Å². The first-order valence-corrected chi connectivity index (χ1v) is 13.3. The van der Waals surface area contributed by atoms with Crippen molar-refractivity contribution in [3.63, 3.8) is 0 Å². The SMILES string of the molecule is S[C@@H]1O[C@H](COc2ccccc2)[C@@H](Oc2ccccc2)[C@H](OCc2ccccc2)[C@H]1OCc1ccccc1. The van der Waals surface area contributed by atoms with E-state index in [1.165, 1.54) is 0 Å². The molecule has 0 bridgehead atoms. The van der Waals surface area contributed by atoms with Crippen LogP contribution in [0.4, 0.5) is 0 Å². The maximum Gasteiger partial charge on any atom is 0.157 e. The van der Waals surface area contributed by atoms with Crippen molar-refractivity contribution in [1.82, 2.24) is 0 Å². The summed E-state index contributed by atoms with van der Waals surface area (Å²) in [7, 11) is 0. The van der Waals surface area contributed by atoms with Gasteiger partial charge in [-0.05, 0) is 35.4 Å². The van der Waals surface area contributed by atoms with Gasteiger partial charge in [-0.3, -0.25) is 0 Å². The molecule has 1 heterocycles. The molecule has 0 amide bonds. The van der Waals surface area contributed by atoms with E-state index >= 15 is 0 Å². The molecular formula is C32H32O5S. The lowest BCUT2D eigenvalue weighted by atomic mass is 9.98. The van der Waals surface area contributed by atoms with Gasteiger partial charge in [0, 0.05) is 0 Å². The van der Waals surface area contributed by atoms with Crippen LogP contribution in [0.15, 0.2) is 121 Å². The molecule has 196 valence electrons. The highest BCUT2D eigenvalue weighted by Crippen LogP contribution is 2.32. The molecule has 6 heteroatoms. The Morgan fingerprint density at radius 3 is 1.58 bits per heavy atom. The van der Waals surface area contributed by atoms with Gasteiger partial charge in [0.25, 0.3) is 0 Å². The van der Waals surface area contributed by atoms with Gasteiger partial charge >= 0.3 is 0 Å². The second kappa shape index (κ2) is 13.5. The van der Waals surface area contributed by atoms with Crippen molar-refractivity contribution in [2.24, 2.45) is 0 Å². The van der Waals surface area contributed by atoms with Crippen LogP contribution in [0.1, 0.15) is 11.1 Å². The summed E-state index contributed by atoms with van der Waals surface area (Å²) in [6.45, 7) is 1.08. The quantitative estimate of drug-likeness (QED) is 0.230. The largest absolute Gasteiger partial charge is 0.491 e. The van der Waals surface area contributed by atoms with Crippen LogP contribution >= 0.6 is 12.6 Å². The van der Waals surface area contributed by atoms with E-state index in [9.17, 15) is 0 Å². The van der Waals surface area contributed by atoms with E-state index in [4.69, 9.17) is 36.3 Å². The standard InChI is InChI=1S/C32H32O5S/c38-32-31(35-22-25-15-7-2-8-16-25)30(34-21-24-13-5-1-6-14-24)29(36-27-19-11-4-12-20-27)28(37-32)23-33-26-17-9-3-10-18-26/h1-20,28-32,38H,21-23H2/t28-,29-,30+,31-,32+/m1/s1. The summed E-state index contributed by atoms with van der Waals surface area (Å²) in [5.74, 6) is 1.48. The van der Waals surface area contributed by atoms with Crippen LogP contribution in [0, 0.1) is 0 Å². The molecule has 1 aliphatic rings. The summed E-state index contributed by atoms with van der Waals surface area (Å²) in [6.07, 6.45) is -1.91. The Bertz CT molecular complexity index is 1210. The molecule has 4 aromatic rings. The van der Waals surface area contributed by atoms with Crippen LogP contribution in [-0.4, -0.2) is 36.5 Å². The third kappa shape index (κ3) is 7.17. The van der Waals surface area contributed by atoms with Crippen LogP contribution in [-0.2, 0) is 27.4 Å². The lowest BCUT2D eigenvalue weighted by molar-refractivity contribution is -0.229.